The lowest BCUT2D eigenvalue weighted by Gasteiger charge is -1.95. The Hall–Kier alpha value is -0.790. The summed E-state index contributed by atoms with van der Waals surface area (Å²) in [4.78, 5) is 10.5. The smallest absolute Gasteiger partial charge is 0.311 e. The molecule has 0 saturated carbocycles. The van der Waals surface area contributed by atoms with Gasteiger partial charge in [-0.2, -0.15) is 0 Å². The van der Waals surface area contributed by atoms with Crippen molar-refractivity contribution in [3.8, 4) is 0 Å². The Morgan fingerprint density at radius 1 is 1.44 bits per heavy atom. The summed E-state index contributed by atoms with van der Waals surface area (Å²) in [6.45, 7) is 3.90. The largest absolute Gasteiger partial charge is 0.431 e. The highest BCUT2D eigenvalue weighted by Crippen LogP contribution is 2.20. The van der Waals surface area contributed by atoms with Crippen LogP contribution in [0.15, 0.2) is 11.3 Å². The van der Waals surface area contributed by atoms with Gasteiger partial charge in [0.15, 0.2) is 0 Å². The third kappa shape index (κ3) is 1.31. The lowest BCUT2D eigenvalue weighted by atomic mass is 10.2. The van der Waals surface area contributed by atoms with E-state index in [9.17, 15) is 4.79 Å². The van der Waals surface area contributed by atoms with E-state index >= 15 is 0 Å². The van der Waals surface area contributed by atoms with Crippen LogP contribution in [0.2, 0.25) is 0 Å². The van der Waals surface area contributed by atoms with E-state index in [1.54, 1.807) is 0 Å². The first-order chi connectivity index (χ1) is 4.20. The van der Waals surface area contributed by atoms with Crippen LogP contribution in [-0.2, 0) is 9.53 Å². The highest BCUT2D eigenvalue weighted by atomic mass is 16.5. The molecule has 0 aromatic rings. The van der Waals surface area contributed by atoms with E-state index in [0.717, 1.165) is 17.8 Å². The van der Waals surface area contributed by atoms with Crippen LogP contribution < -0.4 is 0 Å². The van der Waals surface area contributed by atoms with Crippen LogP contribution in [0.1, 0.15) is 26.7 Å². The molecule has 0 bridgehead atoms. The van der Waals surface area contributed by atoms with Crippen LogP contribution in [0.5, 0.6) is 0 Å². The van der Waals surface area contributed by atoms with Gasteiger partial charge in [-0.3, -0.25) is 4.79 Å². The molecule has 0 N–H and O–H groups in total. The van der Waals surface area contributed by atoms with Crippen molar-refractivity contribution in [2.24, 2.45) is 0 Å². The molecule has 1 rings (SSSR count). The molecular weight excluding hydrogens is 116 g/mol. The van der Waals surface area contributed by atoms with Crippen molar-refractivity contribution in [1.29, 1.82) is 0 Å². The Balaban J connectivity index is 2.69. The first-order valence-electron chi connectivity index (χ1n) is 3.07. The molecular formula is C7H10O2. The number of rotatable bonds is 0. The summed E-state index contributed by atoms with van der Waals surface area (Å²) in [5, 5.41) is 0. The molecule has 50 valence electrons. The normalized spacial score (nSPS) is 18.0. The Morgan fingerprint density at radius 3 is 2.33 bits per heavy atom. The molecule has 0 aromatic heterocycles. The summed E-state index contributed by atoms with van der Waals surface area (Å²) >= 11 is 0. The summed E-state index contributed by atoms with van der Waals surface area (Å²) in [5.74, 6) is 0.770. The van der Waals surface area contributed by atoms with Gasteiger partial charge in [0.1, 0.15) is 5.76 Å². The van der Waals surface area contributed by atoms with Gasteiger partial charge in [-0.15, -0.1) is 0 Å². The molecule has 2 nitrogen and oxygen atoms in total. The molecule has 0 amide bonds. The number of ether oxygens (including phenoxy) is 1. The van der Waals surface area contributed by atoms with E-state index in [4.69, 9.17) is 4.74 Å². The summed E-state index contributed by atoms with van der Waals surface area (Å²) in [7, 11) is 0. The van der Waals surface area contributed by atoms with Gasteiger partial charge in [0, 0.05) is 6.42 Å². The summed E-state index contributed by atoms with van der Waals surface area (Å²) in [6.07, 6.45) is 1.35. The van der Waals surface area contributed by atoms with Gasteiger partial charge in [0.2, 0.25) is 0 Å². The highest BCUT2D eigenvalue weighted by molar-refractivity contribution is 5.73. The predicted octanol–water partition coefficient (Wildman–Crippen LogP) is 1.62. The van der Waals surface area contributed by atoms with E-state index < -0.39 is 0 Å². The average molecular weight is 126 g/mol. The molecule has 2 heteroatoms. The van der Waals surface area contributed by atoms with Crippen LogP contribution >= 0.6 is 0 Å². The minimum atomic E-state index is -0.0915. The van der Waals surface area contributed by atoms with Crippen LogP contribution in [0.25, 0.3) is 0 Å². The lowest BCUT2D eigenvalue weighted by Crippen LogP contribution is -1.89. The quantitative estimate of drug-likeness (QED) is 0.461. The average Bonchev–Trinajstić information content (AvgIpc) is 2.14. The fourth-order valence-electron chi connectivity index (χ4n) is 0.807. The highest BCUT2D eigenvalue weighted by Gasteiger charge is 2.17. The molecule has 0 spiro atoms. The van der Waals surface area contributed by atoms with Gasteiger partial charge >= 0.3 is 5.97 Å². The maximum absolute atomic E-state index is 10.5. The van der Waals surface area contributed by atoms with Gasteiger partial charge in [-0.1, -0.05) is 0 Å². The van der Waals surface area contributed by atoms with Crippen molar-refractivity contribution in [2.75, 3.05) is 0 Å². The van der Waals surface area contributed by atoms with E-state index in [1.165, 1.54) is 0 Å². The second-order valence-electron chi connectivity index (χ2n) is 2.40. The van der Waals surface area contributed by atoms with Crippen molar-refractivity contribution < 1.29 is 9.53 Å². The number of esters is 1. The maximum Gasteiger partial charge on any atom is 0.311 e. The molecule has 0 radical (unpaired) electrons. The number of cyclic esters (lactones) is 1. The van der Waals surface area contributed by atoms with Crippen LogP contribution in [0.3, 0.4) is 0 Å². The zero-order valence-corrected chi connectivity index (χ0v) is 5.73. The molecule has 9 heavy (non-hydrogen) atoms. The maximum atomic E-state index is 10.5. The second kappa shape index (κ2) is 2.21. The SMILES string of the molecule is CC(C)=C1CCC(=O)O1. The van der Waals surface area contributed by atoms with Crippen molar-refractivity contribution in [1.82, 2.24) is 0 Å². The van der Waals surface area contributed by atoms with Crippen molar-refractivity contribution in [3.05, 3.63) is 11.3 Å². The molecule has 1 aliphatic rings. The first kappa shape index (κ1) is 6.33. The minimum absolute atomic E-state index is 0.0915. The molecule has 0 unspecified atom stereocenters. The summed E-state index contributed by atoms with van der Waals surface area (Å²) < 4.78 is 4.86. The van der Waals surface area contributed by atoms with E-state index in [2.05, 4.69) is 0 Å². The lowest BCUT2D eigenvalue weighted by molar-refractivity contribution is -0.135. The third-order valence-corrected chi connectivity index (χ3v) is 1.35. The molecule has 1 saturated heterocycles. The van der Waals surface area contributed by atoms with E-state index in [0.29, 0.717) is 6.42 Å². The summed E-state index contributed by atoms with van der Waals surface area (Å²) in [6, 6.07) is 0. The minimum Gasteiger partial charge on any atom is -0.431 e. The van der Waals surface area contributed by atoms with Gasteiger partial charge in [0.05, 0.1) is 6.42 Å². The molecule has 0 aliphatic carbocycles. The fraction of sp³-hybridized carbons (Fsp3) is 0.571. The van der Waals surface area contributed by atoms with Gasteiger partial charge in [-0.05, 0) is 19.4 Å². The number of hydrogen-bond donors (Lipinski definition) is 0. The molecule has 1 aliphatic heterocycles. The monoisotopic (exact) mass is 126 g/mol. The first-order valence-corrected chi connectivity index (χ1v) is 3.07. The Kier molecular flexibility index (Phi) is 1.56. The third-order valence-electron chi connectivity index (χ3n) is 1.35. The van der Waals surface area contributed by atoms with Crippen molar-refractivity contribution in [3.63, 3.8) is 0 Å². The van der Waals surface area contributed by atoms with Crippen LogP contribution in [0.4, 0.5) is 0 Å². The Morgan fingerprint density at radius 2 is 2.11 bits per heavy atom. The Bertz CT molecular complexity index is 164. The topological polar surface area (TPSA) is 26.3 Å². The van der Waals surface area contributed by atoms with Gasteiger partial charge in [0.25, 0.3) is 0 Å². The standard InChI is InChI=1S/C7H10O2/c1-5(2)6-3-4-7(8)9-6/h3-4H2,1-2H3. The van der Waals surface area contributed by atoms with E-state index in [-0.39, 0.29) is 5.97 Å². The molecule has 0 atom stereocenters. The molecule has 1 fully saturated rings. The second-order valence-corrected chi connectivity index (χ2v) is 2.40. The van der Waals surface area contributed by atoms with Crippen LogP contribution in [-0.4, -0.2) is 5.97 Å². The molecule has 1 heterocycles. The Labute approximate surface area is 54.5 Å². The van der Waals surface area contributed by atoms with Gasteiger partial charge < -0.3 is 4.74 Å². The van der Waals surface area contributed by atoms with Crippen LogP contribution in [0, 0.1) is 0 Å². The number of hydrogen-bond acceptors (Lipinski definition) is 2. The summed E-state index contributed by atoms with van der Waals surface area (Å²) in [5.41, 5.74) is 1.11. The number of carbonyl (C=O) groups is 1. The van der Waals surface area contributed by atoms with E-state index in [1.807, 2.05) is 13.8 Å². The molecule has 0 aromatic carbocycles. The number of carbonyl (C=O) groups excluding carboxylic acids is 1. The predicted molar refractivity (Wildman–Crippen MR) is 33.7 cm³/mol. The zero-order chi connectivity index (χ0) is 6.85. The zero-order valence-electron chi connectivity index (χ0n) is 5.73. The van der Waals surface area contributed by atoms with Gasteiger partial charge in [-0.25, -0.2) is 0 Å². The van der Waals surface area contributed by atoms with Crippen molar-refractivity contribution in [2.45, 2.75) is 26.7 Å². The van der Waals surface area contributed by atoms with Crippen molar-refractivity contribution >= 4 is 5.97 Å². The number of allylic oxidation sites excluding steroid dienone is 2. The fourth-order valence-corrected chi connectivity index (χ4v) is 0.807.